The summed E-state index contributed by atoms with van der Waals surface area (Å²) in [6, 6.07) is 9.64. The molecule has 0 radical (unpaired) electrons. The highest BCUT2D eigenvalue weighted by molar-refractivity contribution is 7.14. The molecular formula is C18H16N4O4S. The second-order valence-electron chi connectivity index (χ2n) is 5.73. The number of benzene rings is 2. The van der Waals surface area contributed by atoms with Crippen molar-refractivity contribution in [2.75, 3.05) is 18.2 Å². The summed E-state index contributed by atoms with van der Waals surface area (Å²) in [4.78, 5) is 27.2. The number of nitrogens with two attached hydrogens (primary N) is 1. The Labute approximate surface area is 158 Å². The Morgan fingerprint density at radius 2 is 2.07 bits per heavy atom. The smallest absolute Gasteiger partial charge is 0.292 e. The first-order chi connectivity index (χ1) is 12.9. The molecule has 0 aliphatic rings. The number of carbonyl (C=O) groups excluding carboxylic acids is 1. The van der Waals surface area contributed by atoms with Crippen molar-refractivity contribution in [1.29, 1.82) is 0 Å². The highest BCUT2D eigenvalue weighted by Crippen LogP contribution is 2.33. The molecule has 0 unspecified atom stereocenters. The number of rotatable bonds is 5. The first kappa shape index (κ1) is 18.3. The molecule has 27 heavy (non-hydrogen) atoms. The Morgan fingerprint density at radius 1 is 1.30 bits per heavy atom. The van der Waals surface area contributed by atoms with Gasteiger partial charge in [-0.2, -0.15) is 0 Å². The molecular weight excluding hydrogens is 368 g/mol. The van der Waals surface area contributed by atoms with Crippen LogP contribution in [0.1, 0.15) is 15.9 Å². The van der Waals surface area contributed by atoms with Crippen LogP contribution < -0.4 is 15.8 Å². The van der Waals surface area contributed by atoms with Gasteiger partial charge in [-0.05, 0) is 31.2 Å². The SMILES string of the molecule is COc1ccc(C)cc1-c1csc(NC(=O)c2ccc(N)c([N+](=O)[O-])c2)n1. The van der Waals surface area contributed by atoms with E-state index in [9.17, 15) is 14.9 Å². The summed E-state index contributed by atoms with van der Waals surface area (Å²) in [5.74, 6) is 0.174. The second-order valence-corrected chi connectivity index (χ2v) is 6.58. The number of carbonyl (C=O) groups is 1. The lowest BCUT2D eigenvalue weighted by atomic mass is 10.1. The van der Waals surface area contributed by atoms with E-state index in [1.54, 1.807) is 12.5 Å². The van der Waals surface area contributed by atoms with Crippen LogP contribution in [-0.2, 0) is 0 Å². The van der Waals surface area contributed by atoms with Crippen molar-refractivity contribution in [2.45, 2.75) is 6.92 Å². The predicted molar refractivity (Wildman–Crippen MR) is 104 cm³/mol. The molecule has 1 aromatic heterocycles. The van der Waals surface area contributed by atoms with Gasteiger partial charge in [0, 0.05) is 22.6 Å². The first-order valence-electron chi connectivity index (χ1n) is 7.85. The highest BCUT2D eigenvalue weighted by Gasteiger charge is 2.17. The summed E-state index contributed by atoms with van der Waals surface area (Å²) in [5.41, 5.74) is 7.90. The number of methoxy groups -OCH3 is 1. The number of hydrogen-bond acceptors (Lipinski definition) is 7. The Kier molecular flexibility index (Phi) is 5.04. The summed E-state index contributed by atoms with van der Waals surface area (Å²) in [6.07, 6.45) is 0. The van der Waals surface area contributed by atoms with E-state index in [2.05, 4.69) is 10.3 Å². The zero-order valence-electron chi connectivity index (χ0n) is 14.6. The van der Waals surface area contributed by atoms with Crippen LogP contribution >= 0.6 is 11.3 Å². The zero-order valence-corrected chi connectivity index (χ0v) is 15.4. The number of amides is 1. The predicted octanol–water partition coefficient (Wildman–Crippen LogP) is 3.87. The van der Waals surface area contributed by atoms with Crippen molar-refractivity contribution in [3.63, 3.8) is 0 Å². The number of hydrogen-bond donors (Lipinski definition) is 2. The minimum absolute atomic E-state index is 0.000345. The van der Waals surface area contributed by atoms with Crippen LogP contribution in [0.2, 0.25) is 0 Å². The van der Waals surface area contributed by atoms with Gasteiger partial charge in [0.1, 0.15) is 11.4 Å². The van der Waals surface area contributed by atoms with Crippen LogP contribution in [-0.4, -0.2) is 22.9 Å². The Morgan fingerprint density at radius 3 is 2.78 bits per heavy atom. The maximum absolute atomic E-state index is 12.4. The van der Waals surface area contributed by atoms with Gasteiger partial charge in [0.25, 0.3) is 11.6 Å². The number of nitrogens with one attached hydrogen (secondary N) is 1. The Balaban J connectivity index is 1.84. The van der Waals surface area contributed by atoms with E-state index in [1.165, 1.54) is 23.5 Å². The fourth-order valence-electron chi connectivity index (χ4n) is 2.49. The molecule has 1 amide bonds. The lowest BCUT2D eigenvalue weighted by Crippen LogP contribution is -2.12. The molecule has 3 aromatic rings. The molecule has 0 saturated carbocycles. The highest BCUT2D eigenvalue weighted by atomic mass is 32.1. The lowest BCUT2D eigenvalue weighted by Gasteiger charge is -2.07. The Hall–Kier alpha value is -3.46. The van der Waals surface area contributed by atoms with Crippen LogP contribution in [0.3, 0.4) is 0 Å². The lowest BCUT2D eigenvalue weighted by molar-refractivity contribution is -0.383. The van der Waals surface area contributed by atoms with Crippen molar-refractivity contribution in [1.82, 2.24) is 4.98 Å². The van der Waals surface area contributed by atoms with E-state index >= 15 is 0 Å². The van der Waals surface area contributed by atoms with Crippen LogP contribution in [0.25, 0.3) is 11.3 Å². The van der Waals surface area contributed by atoms with Crippen LogP contribution in [0.15, 0.2) is 41.8 Å². The van der Waals surface area contributed by atoms with Gasteiger partial charge in [-0.3, -0.25) is 20.2 Å². The van der Waals surface area contributed by atoms with Gasteiger partial charge in [0.15, 0.2) is 5.13 Å². The standard InChI is InChI=1S/C18H16N4O4S/c1-10-3-6-16(26-2)12(7-10)14-9-27-18(20-14)21-17(23)11-4-5-13(19)15(8-11)22(24)25/h3-9H,19H2,1-2H3,(H,20,21,23). The molecule has 2 aromatic carbocycles. The molecule has 0 aliphatic carbocycles. The third kappa shape index (κ3) is 3.87. The number of nitro groups is 1. The van der Waals surface area contributed by atoms with Crippen molar-refractivity contribution in [3.8, 4) is 17.0 Å². The third-order valence-electron chi connectivity index (χ3n) is 3.84. The number of anilines is 2. The Bertz CT molecular complexity index is 1030. The molecule has 3 rings (SSSR count). The van der Waals surface area contributed by atoms with E-state index < -0.39 is 10.8 Å². The van der Waals surface area contributed by atoms with Crippen molar-refractivity contribution >= 4 is 33.8 Å². The summed E-state index contributed by atoms with van der Waals surface area (Å²) >= 11 is 1.25. The number of aryl methyl sites for hydroxylation is 1. The van der Waals surface area contributed by atoms with E-state index in [0.717, 1.165) is 17.2 Å². The van der Waals surface area contributed by atoms with Crippen molar-refractivity contribution in [3.05, 3.63) is 63.0 Å². The molecule has 1 heterocycles. The molecule has 3 N–H and O–H groups in total. The molecule has 0 aliphatic heterocycles. The summed E-state index contributed by atoms with van der Waals surface area (Å²) in [6.45, 7) is 1.96. The fourth-order valence-corrected chi connectivity index (χ4v) is 3.19. The molecule has 0 spiro atoms. The van der Waals surface area contributed by atoms with Gasteiger partial charge >= 0.3 is 0 Å². The number of thiazole rings is 1. The molecule has 138 valence electrons. The monoisotopic (exact) mass is 384 g/mol. The average molecular weight is 384 g/mol. The van der Waals surface area contributed by atoms with Crippen molar-refractivity contribution in [2.24, 2.45) is 0 Å². The largest absolute Gasteiger partial charge is 0.496 e. The first-order valence-corrected chi connectivity index (χ1v) is 8.73. The minimum atomic E-state index is -0.627. The van der Waals surface area contributed by atoms with E-state index in [0.29, 0.717) is 16.6 Å². The normalized spacial score (nSPS) is 10.4. The summed E-state index contributed by atoms with van der Waals surface area (Å²) < 4.78 is 5.36. The molecule has 0 fully saturated rings. The number of aromatic nitrogens is 1. The number of ether oxygens (including phenoxy) is 1. The van der Waals surface area contributed by atoms with Crippen molar-refractivity contribution < 1.29 is 14.5 Å². The molecule has 0 bridgehead atoms. The molecule has 0 atom stereocenters. The van der Waals surface area contributed by atoms with Crippen LogP contribution in [0, 0.1) is 17.0 Å². The van der Waals surface area contributed by atoms with Gasteiger partial charge in [0.2, 0.25) is 0 Å². The van der Waals surface area contributed by atoms with Gasteiger partial charge in [-0.15, -0.1) is 11.3 Å². The molecule has 8 nitrogen and oxygen atoms in total. The minimum Gasteiger partial charge on any atom is -0.496 e. The average Bonchev–Trinajstić information content (AvgIpc) is 3.10. The van der Waals surface area contributed by atoms with Crippen LogP contribution in [0.5, 0.6) is 5.75 Å². The molecule has 9 heteroatoms. The van der Waals surface area contributed by atoms with Gasteiger partial charge < -0.3 is 10.5 Å². The third-order valence-corrected chi connectivity index (χ3v) is 4.60. The summed E-state index contributed by atoms with van der Waals surface area (Å²) in [5, 5.41) is 15.8. The number of nitrogens with zero attached hydrogens (tertiary/aromatic N) is 2. The fraction of sp³-hybridized carbons (Fsp3) is 0.111. The maximum atomic E-state index is 12.4. The quantitative estimate of drug-likeness (QED) is 0.391. The maximum Gasteiger partial charge on any atom is 0.292 e. The van der Waals surface area contributed by atoms with E-state index in [1.807, 2.05) is 25.1 Å². The van der Waals surface area contributed by atoms with Crippen LogP contribution in [0.4, 0.5) is 16.5 Å². The van der Waals surface area contributed by atoms with Gasteiger partial charge in [-0.25, -0.2) is 4.98 Å². The van der Waals surface area contributed by atoms with E-state index in [-0.39, 0.29) is 16.9 Å². The number of nitrogen functional groups attached to an aromatic ring is 1. The van der Waals surface area contributed by atoms with E-state index in [4.69, 9.17) is 10.5 Å². The topological polar surface area (TPSA) is 120 Å². The number of nitro benzene ring substituents is 1. The second kappa shape index (κ2) is 7.42. The molecule has 0 saturated heterocycles. The zero-order chi connectivity index (χ0) is 19.6. The van der Waals surface area contributed by atoms with Gasteiger partial charge in [0.05, 0.1) is 17.7 Å². The van der Waals surface area contributed by atoms with Gasteiger partial charge in [-0.1, -0.05) is 11.6 Å². The summed E-state index contributed by atoms with van der Waals surface area (Å²) in [7, 11) is 1.58.